The highest BCUT2D eigenvalue weighted by molar-refractivity contribution is 5.89. The van der Waals surface area contributed by atoms with Gasteiger partial charge in [-0.1, -0.05) is 27.7 Å². The number of carbonyl (C=O) groups excluding carboxylic acids is 2. The van der Waals surface area contributed by atoms with Crippen LogP contribution in [-0.4, -0.2) is 45.8 Å². The lowest BCUT2D eigenvalue weighted by Gasteiger charge is -2.63. The summed E-state index contributed by atoms with van der Waals surface area (Å²) >= 11 is 0. The molecular weight excluding hydrogens is 540 g/mol. The van der Waals surface area contributed by atoms with Gasteiger partial charge in [0, 0.05) is 24.2 Å². The Morgan fingerprint density at radius 2 is 0.682 bits per heavy atom. The highest BCUT2D eigenvalue weighted by Crippen LogP contribution is 2.67. The lowest BCUT2D eigenvalue weighted by atomic mass is 9.43. The largest absolute Gasteiger partial charge is 0.336 e. The Morgan fingerprint density at radius 3 is 0.932 bits per heavy atom. The fourth-order valence-electron chi connectivity index (χ4n) is 12.7. The van der Waals surface area contributed by atoms with Gasteiger partial charge in [0.1, 0.15) is 0 Å². The van der Waals surface area contributed by atoms with Crippen LogP contribution in [0.1, 0.15) is 169 Å². The number of rotatable bonds is 6. The van der Waals surface area contributed by atoms with Gasteiger partial charge in [0.15, 0.2) is 0 Å². The van der Waals surface area contributed by atoms with Crippen LogP contribution < -0.4 is 0 Å². The molecule has 8 aliphatic carbocycles. The number of carbonyl (C=O) groups is 2. The molecule has 0 aromatic heterocycles. The Labute approximate surface area is 270 Å². The molecule has 8 rings (SSSR count). The predicted octanol–water partition coefficient (Wildman–Crippen LogP) is 9.55. The molecule has 248 valence electrons. The van der Waals surface area contributed by atoms with Gasteiger partial charge in [-0.3, -0.25) is 9.59 Å². The molecular formula is C40H66N2O2. The van der Waals surface area contributed by atoms with Crippen LogP contribution in [-0.2, 0) is 9.59 Å². The third-order valence-corrected chi connectivity index (χ3v) is 15.0. The van der Waals surface area contributed by atoms with Gasteiger partial charge in [-0.2, -0.15) is 0 Å². The van der Waals surface area contributed by atoms with Crippen molar-refractivity contribution in [2.24, 2.45) is 46.3 Å². The van der Waals surface area contributed by atoms with Crippen molar-refractivity contribution in [1.29, 1.82) is 0 Å². The molecule has 0 aliphatic heterocycles. The van der Waals surface area contributed by atoms with Crippen LogP contribution in [0.5, 0.6) is 0 Å². The normalized spacial score (nSPS) is 47.3. The Bertz CT molecular complexity index is 886. The number of amides is 2. The van der Waals surface area contributed by atoms with Gasteiger partial charge in [0.05, 0.1) is 10.8 Å². The Morgan fingerprint density at radius 1 is 0.432 bits per heavy atom. The standard InChI is InChI=1S/C40H66N2O2/c1-27-5-13-33(14-6-27)41(34-15-7-28(2)8-16-34)37(43)39-22-31-21-32(23-39)25-40(24-31,26-39)38(44)42(35-17-9-29(3)10-18-35)36-19-11-30(4)12-20-36/h27-36H,5-26H2,1-4H3. The second-order valence-corrected chi connectivity index (χ2v) is 18.6. The van der Waals surface area contributed by atoms with E-state index in [2.05, 4.69) is 37.5 Å². The van der Waals surface area contributed by atoms with Crippen molar-refractivity contribution in [1.82, 2.24) is 9.80 Å². The molecule has 0 radical (unpaired) electrons. The molecule has 0 spiro atoms. The van der Waals surface area contributed by atoms with Crippen LogP contribution in [0.25, 0.3) is 0 Å². The summed E-state index contributed by atoms with van der Waals surface area (Å²) in [6, 6.07) is 1.73. The number of hydrogen-bond donors (Lipinski definition) is 0. The first kappa shape index (κ1) is 31.5. The van der Waals surface area contributed by atoms with Crippen LogP contribution >= 0.6 is 0 Å². The van der Waals surface area contributed by atoms with Gasteiger partial charge >= 0.3 is 0 Å². The van der Waals surface area contributed by atoms with Gasteiger partial charge in [0.25, 0.3) is 0 Å². The molecule has 0 saturated heterocycles. The van der Waals surface area contributed by atoms with Crippen molar-refractivity contribution >= 4 is 11.8 Å². The van der Waals surface area contributed by atoms with E-state index in [0.29, 0.717) is 47.8 Å². The molecule has 8 fully saturated rings. The third kappa shape index (κ3) is 5.93. The molecule has 0 aromatic rings. The summed E-state index contributed by atoms with van der Waals surface area (Å²) in [5.74, 6) is 5.38. The summed E-state index contributed by atoms with van der Waals surface area (Å²) in [6.45, 7) is 9.63. The molecule has 4 heteroatoms. The minimum absolute atomic E-state index is 0.278. The first-order valence-electron chi connectivity index (χ1n) is 19.8. The van der Waals surface area contributed by atoms with Crippen LogP contribution in [0.3, 0.4) is 0 Å². The molecule has 0 atom stereocenters. The maximum absolute atomic E-state index is 15.4. The van der Waals surface area contributed by atoms with Gasteiger partial charge in [-0.25, -0.2) is 0 Å². The Kier molecular flexibility index (Phi) is 8.97. The summed E-state index contributed by atoms with van der Waals surface area (Å²) < 4.78 is 0. The highest BCUT2D eigenvalue weighted by Gasteiger charge is 2.65. The summed E-state index contributed by atoms with van der Waals surface area (Å²) in [7, 11) is 0. The molecule has 4 nitrogen and oxygen atoms in total. The van der Waals surface area contributed by atoms with Crippen LogP contribution in [0.2, 0.25) is 0 Å². The second kappa shape index (κ2) is 12.5. The fourth-order valence-corrected chi connectivity index (χ4v) is 12.7. The Hall–Kier alpha value is -1.06. The zero-order chi connectivity index (χ0) is 30.6. The van der Waals surface area contributed by atoms with E-state index in [9.17, 15) is 0 Å². The fraction of sp³-hybridized carbons (Fsp3) is 0.950. The van der Waals surface area contributed by atoms with E-state index >= 15 is 9.59 Å². The minimum Gasteiger partial charge on any atom is -0.336 e. The molecule has 0 heterocycles. The van der Waals surface area contributed by atoms with E-state index < -0.39 is 0 Å². The maximum atomic E-state index is 15.4. The van der Waals surface area contributed by atoms with E-state index in [-0.39, 0.29) is 10.8 Å². The zero-order valence-corrected chi connectivity index (χ0v) is 29.0. The van der Waals surface area contributed by atoms with Crippen molar-refractivity contribution < 1.29 is 9.59 Å². The van der Waals surface area contributed by atoms with Gasteiger partial charge in [-0.05, 0) is 177 Å². The second-order valence-electron chi connectivity index (χ2n) is 18.6. The van der Waals surface area contributed by atoms with E-state index in [1.807, 2.05) is 0 Å². The van der Waals surface area contributed by atoms with Gasteiger partial charge in [-0.15, -0.1) is 0 Å². The molecule has 8 aliphatic rings. The van der Waals surface area contributed by atoms with Crippen molar-refractivity contribution in [3.63, 3.8) is 0 Å². The monoisotopic (exact) mass is 607 g/mol. The van der Waals surface area contributed by atoms with Crippen LogP contribution in [0, 0.1) is 46.3 Å². The zero-order valence-electron chi connectivity index (χ0n) is 29.0. The summed E-state index contributed by atoms with van der Waals surface area (Å²) in [5, 5.41) is 0. The van der Waals surface area contributed by atoms with E-state index in [1.165, 1.54) is 109 Å². The van der Waals surface area contributed by atoms with Gasteiger partial charge < -0.3 is 9.80 Å². The summed E-state index contributed by atoms with van der Waals surface area (Å²) in [6.07, 6.45) is 26.2. The minimum atomic E-state index is -0.278. The summed E-state index contributed by atoms with van der Waals surface area (Å²) in [4.78, 5) is 35.8. The molecule has 2 amide bonds. The molecule has 4 bridgehead atoms. The molecule has 8 saturated carbocycles. The van der Waals surface area contributed by atoms with E-state index in [1.54, 1.807) is 0 Å². The van der Waals surface area contributed by atoms with Crippen molar-refractivity contribution in [2.45, 2.75) is 193 Å². The smallest absolute Gasteiger partial charge is 0.229 e. The van der Waals surface area contributed by atoms with Crippen molar-refractivity contribution in [3.05, 3.63) is 0 Å². The molecule has 44 heavy (non-hydrogen) atoms. The lowest BCUT2D eigenvalue weighted by molar-refractivity contribution is -0.186. The number of nitrogens with zero attached hydrogens (tertiary/aromatic N) is 2. The SMILES string of the molecule is CC1CCC(N(C(=O)C23CC4CC(C2)CC(C(=O)N(C2CCC(C)CC2)C2CCC(C)CC2)(C4)C3)C2CCC(C)CC2)CC1. The van der Waals surface area contributed by atoms with Crippen LogP contribution in [0.15, 0.2) is 0 Å². The maximum Gasteiger partial charge on any atom is 0.229 e. The topological polar surface area (TPSA) is 40.6 Å². The van der Waals surface area contributed by atoms with Crippen molar-refractivity contribution in [3.8, 4) is 0 Å². The van der Waals surface area contributed by atoms with E-state index in [0.717, 1.165) is 55.8 Å². The average Bonchev–Trinajstić information content (AvgIpc) is 3.00. The third-order valence-electron chi connectivity index (χ3n) is 15.0. The quantitative estimate of drug-likeness (QED) is 0.302. The summed E-state index contributed by atoms with van der Waals surface area (Å²) in [5.41, 5.74) is -0.556. The van der Waals surface area contributed by atoms with Gasteiger partial charge in [0.2, 0.25) is 11.8 Å². The van der Waals surface area contributed by atoms with Crippen molar-refractivity contribution in [2.75, 3.05) is 0 Å². The molecule has 0 N–H and O–H groups in total. The first-order chi connectivity index (χ1) is 21.1. The lowest BCUT2D eigenvalue weighted by Crippen LogP contribution is -2.65. The van der Waals surface area contributed by atoms with Crippen LogP contribution in [0.4, 0.5) is 0 Å². The molecule has 0 aromatic carbocycles. The Balaban J connectivity index is 1.19. The van der Waals surface area contributed by atoms with E-state index in [4.69, 9.17) is 0 Å². The first-order valence-corrected chi connectivity index (χ1v) is 19.8. The predicted molar refractivity (Wildman–Crippen MR) is 179 cm³/mol. The average molecular weight is 607 g/mol. The molecule has 0 unspecified atom stereocenters. The number of hydrogen-bond acceptors (Lipinski definition) is 2. The highest BCUT2D eigenvalue weighted by atomic mass is 16.2.